The molecule has 0 bridgehead atoms. The Kier molecular flexibility index (Phi) is 6.23. The summed E-state index contributed by atoms with van der Waals surface area (Å²) >= 11 is 0. The van der Waals surface area contributed by atoms with Crippen LogP contribution in [-0.2, 0) is 4.79 Å². The lowest BCUT2D eigenvalue weighted by atomic mass is 10.1. The summed E-state index contributed by atoms with van der Waals surface area (Å²) in [6.45, 7) is 2.92. The third-order valence-corrected chi connectivity index (χ3v) is 5.92. The third-order valence-electron chi connectivity index (χ3n) is 5.92. The molecule has 1 fully saturated rings. The van der Waals surface area contributed by atoms with Gasteiger partial charge in [0.2, 0.25) is 5.91 Å². The van der Waals surface area contributed by atoms with E-state index >= 15 is 0 Å². The van der Waals surface area contributed by atoms with Crippen LogP contribution in [0.1, 0.15) is 58.0 Å². The zero-order valence-corrected chi connectivity index (χ0v) is 17.0. The van der Waals surface area contributed by atoms with Crippen molar-refractivity contribution in [3.8, 4) is 0 Å². The molecule has 1 unspecified atom stereocenters. The molecule has 4 rings (SSSR count). The Balaban J connectivity index is 1.28. The minimum Gasteiger partial charge on any atom is -0.354 e. The van der Waals surface area contributed by atoms with E-state index in [9.17, 15) is 14.4 Å². The molecule has 2 heterocycles. The molecule has 0 saturated carbocycles. The van der Waals surface area contributed by atoms with Crippen LogP contribution in [0.5, 0.6) is 0 Å². The Morgan fingerprint density at radius 2 is 1.50 bits per heavy atom. The Morgan fingerprint density at radius 1 is 0.900 bits per heavy atom. The van der Waals surface area contributed by atoms with Gasteiger partial charge in [0.25, 0.3) is 11.8 Å². The number of rotatable bonds is 8. The lowest BCUT2D eigenvalue weighted by molar-refractivity contribution is -0.121. The van der Waals surface area contributed by atoms with Crippen molar-refractivity contribution in [3.63, 3.8) is 0 Å². The maximum absolute atomic E-state index is 12.4. The number of fused-ring (bicyclic) bond motifs is 1. The fourth-order valence-electron chi connectivity index (χ4n) is 4.33. The highest BCUT2D eigenvalue weighted by atomic mass is 16.2. The van der Waals surface area contributed by atoms with Gasteiger partial charge >= 0.3 is 0 Å². The summed E-state index contributed by atoms with van der Waals surface area (Å²) in [4.78, 5) is 40.9. The van der Waals surface area contributed by atoms with E-state index in [1.165, 1.54) is 23.3 Å². The molecule has 6 nitrogen and oxygen atoms in total. The van der Waals surface area contributed by atoms with Crippen molar-refractivity contribution in [2.24, 2.45) is 0 Å². The van der Waals surface area contributed by atoms with Crippen LogP contribution in [0.25, 0.3) is 0 Å². The molecule has 0 radical (unpaired) electrons. The Morgan fingerprint density at radius 3 is 2.13 bits per heavy atom. The highest BCUT2D eigenvalue weighted by molar-refractivity contribution is 6.21. The largest absolute Gasteiger partial charge is 0.354 e. The van der Waals surface area contributed by atoms with E-state index in [0.717, 1.165) is 13.1 Å². The minimum atomic E-state index is -0.269. The molecule has 3 amide bonds. The smallest absolute Gasteiger partial charge is 0.261 e. The van der Waals surface area contributed by atoms with E-state index in [4.69, 9.17) is 0 Å². The molecular weight excluding hydrogens is 378 g/mol. The van der Waals surface area contributed by atoms with Gasteiger partial charge < -0.3 is 5.32 Å². The SMILES string of the molecule is O=C(CCCN1C(=O)c2ccccc2C1=O)NCC(c1ccccc1)N1CCCC1. The first-order chi connectivity index (χ1) is 14.6. The summed E-state index contributed by atoms with van der Waals surface area (Å²) in [6.07, 6.45) is 3.13. The first-order valence-corrected chi connectivity index (χ1v) is 10.7. The van der Waals surface area contributed by atoms with Crippen molar-refractivity contribution in [2.45, 2.75) is 31.7 Å². The molecule has 2 aliphatic rings. The molecule has 156 valence electrons. The number of carbonyl (C=O) groups excluding carboxylic acids is 3. The van der Waals surface area contributed by atoms with E-state index in [1.807, 2.05) is 18.2 Å². The molecule has 0 spiro atoms. The highest BCUT2D eigenvalue weighted by Gasteiger charge is 2.34. The van der Waals surface area contributed by atoms with Gasteiger partial charge in [-0.25, -0.2) is 0 Å². The first kappa shape index (κ1) is 20.3. The van der Waals surface area contributed by atoms with Crippen LogP contribution in [0, 0.1) is 0 Å². The summed E-state index contributed by atoms with van der Waals surface area (Å²) in [7, 11) is 0. The second-order valence-corrected chi connectivity index (χ2v) is 7.88. The van der Waals surface area contributed by atoms with Crippen LogP contribution in [0.4, 0.5) is 0 Å². The predicted octanol–water partition coefficient (Wildman–Crippen LogP) is 3.02. The van der Waals surface area contributed by atoms with Gasteiger partial charge in [0, 0.05) is 19.5 Å². The summed E-state index contributed by atoms with van der Waals surface area (Å²) < 4.78 is 0. The van der Waals surface area contributed by atoms with Crippen molar-refractivity contribution in [1.29, 1.82) is 0 Å². The van der Waals surface area contributed by atoms with Crippen LogP contribution >= 0.6 is 0 Å². The molecule has 1 saturated heterocycles. The molecule has 1 atom stereocenters. The van der Waals surface area contributed by atoms with Crippen molar-refractivity contribution >= 4 is 17.7 Å². The van der Waals surface area contributed by atoms with Crippen LogP contribution in [-0.4, -0.2) is 53.7 Å². The van der Waals surface area contributed by atoms with Gasteiger partial charge in [0.05, 0.1) is 17.2 Å². The van der Waals surface area contributed by atoms with Gasteiger partial charge in [-0.2, -0.15) is 0 Å². The lowest BCUT2D eigenvalue weighted by Crippen LogP contribution is -2.37. The maximum atomic E-state index is 12.4. The van der Waals surface area contributed by atoms with Crippen molar-refractivity contribution in [1.82, 2.24) is 15.1 Å². The fraction of sp³-hybridized carbons (Fsp3) is 0.375. The molecule has 2 aromatic carbocycles. The third kappa shape index (κ3) is 4.28. The number of hydrogen-bond donors (Lipinski definition) is 1. The van der Waals surface area contributed by atoms with E-state index in [0.29, 0.717) is 24.1 Å². The molecule has 30 heavy (non-hydrogen) atoms. The Hall–Kier alpha value is -2.99. The van der Waals surface area contributed by atoms with E-state index < -0.39 is 0 Å². The number of nitrogens with zero attached hydrogens (tertiary/aromatic N) is 2. The summed E-state index contributed by atoms with van der Waals surface area (Å²) in [5.41, 5.74) is 2.11. The average Bonchev–Trinajstić information content (AvgIpc) is 3.38. The normalized spacial score (nSPS) is 17.3. The average molecular weight is 405 g/mol. The summed E-state index contributed by atoms with van der Waals surface area (Å²) in [5, 5.41) is 3.05. The van der Waals surface area contributed by atoms with Gasteiger partial charge in [-0.1, -0.05) is 42.5 Å². The number of hydrogen-bond acceptors (Lipinski definition) is 4. The van der Waals surface area contributed by atoms with Crippen LogP contribution in [0.15, 0.2) is 54.6 Å². The highest BCUT2D eigenvalue weighted by Crippen LogP contribution is 2.25. The van der Waals surface area contributed by atoms with Crippen LogP contribution < -0.4 is 5.32 Å². The van der Waals surface area contributed by atoms with Crippen LogP contribution in [0.3, 0.4) is 0 Å². The quantitative estimate of drug-likeness (QED) is 0.686. The number of amides is 3. The van der Waals surface area contributed by atoms with Gasteiger partial charge in [0.15, 0.2) is 0 Å². The Bertz CT molecular complexity index is 887. The second-order valence-electron chi connectivity index (χ2n) is 7.88. The lowest BCUT2D eigenvalue weighted by Gasteiger charge is -2.28. The monoisotopic (exact) mass is 405 g/mol. The number of benzene rings is 2. The van der Waals surface area contributed by atoms with Crippen molar-refractivity contribution in [3.05, 3.63) is 71.3 Å². The van der Waals surface area contributed by atoms with Crippen molar-refractivity contribution in [2.75, 3.05) is 26.2 Å². The zero-order valence-electron chi connectivity index (χ0n) is 17.0. The molecule has 1 N–H and O–H groups in total. The molecule has 0 aromatic heterocycles. The molecule has 2 aromatic rings. The molecule has 6 heteroatoms. The first-order valence-electron chi connectivity index (χ1n) is 10.7. The van der Waals surface area contributed by atoms with E-state index in [2.05, 4.69) is 22.3 Å². The second kappa shape index (κ2) is 9.22. The molecular formula is C24H27N3O3. The van der Waals surface area contributed by atoms with E-state index in [1.54, 1.807) is 24.3 Å². The Labute approximate surface area is 176 Å². The van der Waals surface area contributed by atoms with Gasteiger partial charge in [0.1, 0.15) is 0 Å². The standard InChI is InChI=1S/C24H27N3O3/c28-22(13-8-16-27-23(29)19-11-4-5-12-20(19)24(27)30)25-17-21(26-14-6-7-15-26)18-9-2-1-3-10-18/h1-5,9-12,21H,6-8,13-17H2,(H,25,28). The molecule has 0 aliphatic carbocycles. The summed E-state index contributed by atoms with van der Waals surface area (Å²) in [5.74, 6) is -0.588. The maximum Gasteiger partial charge on any atom is 0.261 e. The number of likely N-dealkylation sites (tertiary alicyclic amines) is 1. The van der Waals surface area contributed by atoms with E-state index in [-0.39, 0.29) is 36.7 Å². The number of nitrogens with one attached hydrogen (secondary N) is 1. The number of imide groups is 1. The van der Waals surface area contributed by atoms with Crippen molar-refractivity contribution < 1.29 is 14.4 Å². The van der Waals surface area contributed by atoms with Gasteiger partial charge in [-0.05, 0) is 50.0 Å². The zero-order chi connectivity index (χ0) is 20.9. The predicted molar refractivity (Wildman–Crippen MR) is 114 cm³/mol. The number of carbonyl (C=O) groups is 3. The van der Waals surface area contributed by atoms with Gasteiger partial charge in [-0.15, -0.1) is 0 Å². The topological polar surface area (TPSA) is 69.7 Å². The van der Waals surface area contributed by atoms with Crippen LogP contribution in [0.2, 0.25) is 0 Å². The molecule has 2 aliphatic heterocycles. The van der Waals surface area contributed by atoms with Gasteiger partial charge in [-0.3, -0.25) is 24.2 Å². The minimum absolute atomic E-state index is 0.0493. The summed E-state index contributed by atoms with van der Waals surface area (Å²) in [6, 6.07) is 17.3. The fourth-order valence-corrected chi connectivity index (χ4v) is 4.33.